The molecule has 0 spiro atoms. The third kappa shape index (κ3) is 4.23. The van der Waals surface area contributed by atoms with Crippen molar-refractivity contribution in [2.24, 2.45) is 0 Å². The molecule has 0 bridgehead atoms. The Balaban J connectivity index is 1.61. The Kier molecular flexibility index (Phi) is 7.20. The number of hydrogen-bond acceptors (Lipinski definition) is 1. The number of fused-ring (bicyclic) bond motifs is 3. The Morgan fingerprint density at radius 1 is 0.821 bits per heavy atom. The van der Waals surface area contributed by atoms with Crippen LogP contribution >= 0.6 is 17.0 Å². The van der Waals surface area contributed by atoms with Crippen LogP contribution in [0.1, 0.15) is 62.6 Å². The molecule has 2 aliphatic carbocycles. The van der Waals surface area contributed by atoms with Crippen LogP contribution in [0.2, 0.25) is 13.1 Å². The van der Waals surface area contributed by atoms with Crippen molar-refractivity contribution in [3.63, 3.8) is 0 Å². The molecule has 2 aliphatic rings. The molecule has 0 saturated carbocycles. The fraction of sp³-hybridized carbons (Fsp3) is 0.265. The molecule has 0 amide bonds. The van der Waals surface area contributed by atoms with Gasteiger partial charge < -0.3 is 0 Å². The molecule has 2 atom stereocenters. The zero-order valence-corrected chi connectivity index (χ0v) is 28.3. The first-order chi connectivity index (χ1) is 18.7. The predicted molar refractivity (Wildman–Crippen MR) is 171 cm³/mol. The van der Waals surface area contributed by atoms with Crippen LogP contribution in [0.15, 0.2) is 90.1 Å². The number of nitrogens with zero attached hydrogens (tertiary/aromatic N) is 1. The van der Waals surface area contributed by atoms with Crippen LogP contribution in [-0.2, 0) is 15.6 Å². The Morgan fingerprint density at radius 2 is 1.54 bits per heavy atom. The number of allylic oxidation sites excluding steroid dienone is 2. The minimum atomic E-state index is -4.63. The molecule has 39 heavy (non-hydrogen) atoms. The van der Waals surface area contributed by atoms with Crippen LogP contribution in [0.4, 0.5) is 0 Å². The van der Waals surface area contributed by atoms with Gasteiger partial charge in [0.15, 0.2) is 0 Å². The predicted octanol–water partition coefficient (Wildman–Crippen LogP) is 10.7. The van der Waals surface area contributed by atoms with Gasteiger partial charge in [0.25, 0.3) is 0 Å². The Bertz CT molecular complexity index is 1650. The summed E-state index contributed by atoms with van der Waals surface area (Å²) in [5.41, 5.74) is 11.6. The molecular formula is C34H36Cl2NSiZr. The van der Waals surface area contributed by atoms with E-state index >= 15 is 0 Å². The van der Waals surface area contributed by atoms with E-state index in [0.717, 1.165) is 30.2 Å². The first-order valence-electron chi connectivity index (χ1n) is 14.3. The molecule has 1 aromatic heterocycles. The number of halogens is 2. The van der Waals surface area contributed by atoms with Crippen molar-refractivity contribution in [1.29, 1.82) is 0 Å². The van der Waals surface area contributed by atoms with Crippen molar-refractivity contribution in [3.05, 3.63) is 112 Å². The first kappa shape index (κ1) is 27.4. The maximum absolute atomic E-state index is 8.40. The molecular weight excluding hydrogens is 613 g/mol. The molecule has 6 rings (SSSR count). The fourth-order valence-electron chi connectivity index (χ4n) is 7.31. The van der Waals surface area contributed by atoms with E-state index in [1.165, 1.54) is 44.5 Å². The van der Waals surface area contributed by atoms with Crippen molar-refractivity contribution in [2.75, 3.05) is 0 Å². The van der Waals surface area contributed by atoms with Crippen molar-refractivity contribution in [1.82, 2.24) is 4.98 Å². The van der Waals surface area contributed by atoms with Gasteiger partial charge in [0.1, 0.15) is 0 Å². The van der Waals surface area contributed by atoms with Gasteiger partial charge in [0, 0.05) is 0 Å². The van der Waals surface area contributed by atoms with E-state index in [9.17, 15) is 0 Å². The normalized spacial score (nSPS) is 19.4. The summed E-state index contributed by atoms with van der Waals surface area (Å²) >= 11 is -4.63. The molecule has 2 unspecified atom stereocenters. The number of hydrogen-bond donors (Lipinski definition) is 0. The van der Waals surface area contributed by atoms with Gasteiger partial charge in [-0.2, -0.15) is 0 Å². The van der Waals surface area contributed by atoms with Gasteiger partial charge in [-0.15, -0.1) is 0 Å². The van der Waals surface area contributed by atoms with E-state index in [1.54, 1.807) is 0 Å². The molecule has 5 heteroatoms. The summed E-state index contributed by atoms with van der Waals surface area (Å²) in [4.78, 5) is 4.80. The van der Waals surface area contributed by atoms with Gasteiger partial charge in [-0.25, -0.2) is 0 Å². The minimum absolute atomic E-state index is 0.130. The molecule has 0 aliphatic heterocycles. The summed E-state index contributed by atoms with van der Waals surface area (Å²) in [5, 5.41) is 1.16. The number of unbranched alkanes of at least 4 members (excludes halogenated alkanes) is 1. The summed E-state index contributed by atoms with van der Waals surface area (Å²) in [5.74, 6) is -1.53. The second-order valence-electron chi connectivity index (χ2n) is 11.8. The standard InChI is InChI=1S/C22H20N.C10H9.C2H7Si.2ClH.Zr/c1-2-3-7-16-14-18-9-5-11-19(21(18)15-16)20-12-4-8-17-10-6-13-23-22(17)20;1-8-6-9-4-2-3-5-10(9)7-8;1-3-2;;;/h4-6,8-15H,2-3,7H2,1H3;2-7H,1H3;3H,1-2H3;2*1H;/q;;;;;+2/p-2. The average molecular weight is 649 g/mol. The second-order valence-corrected chi connectivity index (χ2v) is 54.3. The Hall–Kier alpha value is -1.77. The Labute approximate surface area is 241 Å². The summed E-state index contributed by atoms with van der Waals surface area (Å²) in [6, 6.07) is 26.3. The van der Waals surface area contributed by atoms with Gasteiger partial charge in [-0.3, -0.25) is 0 Å². The average Bonchev–Trinajstić information content (AvgIpc) is 3.49. The second kappa shape index (κ2) is 10.3. The molecule has 0 radical (unpaired) electrons. The van der Waals surface area contributed by atoms with Gasteiger partial charge in [0.2, 0.25) is 0 Å². The van der Waals surface area contributed by atoms with Crippen LogP contribution in [0.25, 0.3) is 34.2 Å². The van der Waals surface area contributed by atoms with Crippen LogP contribution < -0.4 is 0 Å². The molecule has 0 saturated heterocycles. The number of pyridine rings is 1. The third-order valence-corrected chi connectivity index (χ3v) is 61.3. The van der Waals surface area contributed by atoms with E-state index in [4.69, 9.17) is 22.0 Å². The van der Waals surface area contributed by atoms with Gasteiger partial charge in [0.05, 0.1) is 0 Å². The monoisotopic (exact) mass is 646 g/mol. The van der Waals surface area contributed by atoms with E-state index in [-0.39, 0.29) is 7.25 Å². The van der Waals surface area contributed by atoms with Crippen molar-refractivity contribution >= 4 is 46.0 Å². The molecule has 3 aromatic carbocycles. The number of benzene rings is 3. The van der Waals surface area contributed by atoms with E-state index < -0.39 is 21.5 Å². The third-order valence-electron chi connectivity index (χ3n) is 9.25. The number of rotatable bonds is 7. The van der Waals surface area contributed by atoms with Gasteiger partial charge in [-0.05, 0) is 0 Å². The van der Waals surface area contributed by atoms with Crippen molar-refractivity contribution in [3.8, 4) is 11.1 Å². The van der Waals surface area contributed by atoms with Gasteiger partial charge >= 0.3 is 244 Å². The van der Waals surface area contributed by atoms with E-state index in [2.05, 4.69) is 106 Å². The molecule has 0 N–H and O–H groups in total. The molecule has 4 aromatic rings. The molecule has 1 nitrogen and oxygen atoms in total. The number of para-hydroxylation sites is 1. The molecule has 0 fully saturated rings. The van der Waals surface area contributed by atoms with Crippen LogP contribution in [0, 0.1) is 0 Å². The topological polar surface area (TPSA) is 12.9 Å². The fourth-order valence-corrected chi connectivity index (χ4v) is 39.6. The SMILES string of the molecule is CCCCC1=Cc2c(-c3cccc4cccnc34)cccc2[CH]1[Zr]([Cl])([Cl])([CH]1C(C)=Cc2ccccc21)[SiH](C)C. The molecule has 199 valence electrons. The van der Waals surface area contributed by atoms with Crippen LogP contribution in [0.3, 0.4) is 0 Å². The summed E-state index contributed by atoms with van der Waals surface area (Å²) in [7, 11) is 16.8. The summed E-state index contributed by atoms with van der Waals surface area (Å²) < 4.78 is 0.284. The van der Waals surface area contributed by atoms with Crippen molar-refractivity contribution in [2.45, 2.75) is 53.5 Å². The maximum atomic E-state index is 8.40. The van der Waals surface area contributed by atoms with Crippen LogP contribution in [-0.4, -0.2) is 10.9 Å². The summed E-state index contributed by atoms with van der Waals surface area (Å²) in [6.07, 6.45) is 10.1. The Morgan fingerprint density at radius 3 is 2.33 bits per heavy atom. The zero-order chi connectivity index (χ0) is 27.4. The zero-order valence-electron chi connectivity index (χ0n) is 23.2. The molecule has 1 heterocycles. The van der Waals surface area contributed by atoms with Crippen molar-refractivity contribution < 1.29 is 15.6 Å². The number of aromatic nitrogens is 1. The quantitative estimate of drug-likeness (QED) is 0.182. The van der Waals surface area contributed by atoms with Gasteiger partial charge in [-0.1, -0.05) is 0 Å². The first-order valence-corrected chi connectivity index (χ1v) is 30.6. The van der Waals surface area contributed by atoms with E-state index in [0.29, 0.717) is 0 Å². The summed E-state index contributed by atoms with van der Waals surface area (Å²) in [6.45, 7) is 9.39. The van der Waals surface area contributed by atoms with E-state index in [1.807, 2.05) is 12.3 Å². The van der Waals surface area contributed by atoms with Crippen LogP contribution in [0.5, 0.6) is 0 Å².